The van der Waals surface area contributed by atoms with Crippen LogP contribution in [0.5, 0.6) is 11.5 Å². The first-order valence-electron chi connectivity index (χ1n) is 15.3. The second-order valence-corrected chi connectivity index (χ2v) is 12.8. The number of aryl methyl sites for hydroxylation is 2. The fraction of sp³-hybridized carbons (Fsp3) is 0.0556. The lowest BCUT2D eigenvalue weighted by atomic mass is 10.0. The van der Waals surface area contributed by atoms with E-state index in [2.05, 4.69) is 36.0 Å². The largest absolute Gasteiger partial charge is 0.508 e. The van der Waals surface area contributed by atoms with E-state index < -0.39 is 26.5 Å². The first-order chi connectivity index (χ1) is 24.4. The van der Waals surface area contributed by atoms with Gasteiger partial charge < -0.3 is 27.0 Å². The van der Waals surface area contributed by atoms with Crippen molar-refractivity contribution in [2.75, 3.05) is 16.8 Å². The minimum absolute atomic E-state index is 0.0359. The fourth-order valence-corrected chi connectivity index (χ4v) is 5.84. The van der Waals surface area contributed by atoms with E-state index in [0.717, 1.165) is 16.9 Å². The Hall–Kier alpha value is -6.71. The summed E-state index contributed by atoms with van der Waals surface area (Å²) < 4.78 is 34.5. The Labute approximate surface area is 292 Å². The molecule has 0 aliphatic carbocycles. The zero-order valence-corrected chi connectivity index (χ0v) is 28.0. The van der Waals surface area contributed by atoms with Crippen molar-refractivity contribution < 1.29 is 23.2 Å². The highest BCUT2D eigenvalue weighted by molar-refractivity contribution is 7.86. The highest BCUT2D eigenvalue weighted by Gasteiger charge is 2.24. The minimum Gasteiger partial charge on any atom is -0.508 e. The van der Waals surface area contributed by atoms with Crippen molar-refractivity contribution >= 4 is 77.8 Å². The molecular formula is C36H31N9O5S. The predicted octanol–water partition coefficient (Wildman–Crippen LogP) is 10.3. The number of fused-ring (bicyclic) bond motifs is 1. The standard InChI is InChI=1S/C36H31N9O5S/c1-20-17-26(12-14-29(20)39-23-8-10-25(11-9-23)40-43-30-15-13-27(46)19-28(30)37)42-44-34-21(2)16-22-18-31(51(48,49)50)35(36(47)32(22)33(34)38)45-41-24-6-4-3-5-7-24/h3-19,39,46-47H,37-38H2,1-2H3,(H,48,49,50). The molecule has 0 aliphatic rings. The SMILES string of the molecule is Cc1cc(N=Nc2c(C)cc3cc(S(=O)(=O)O)c(N=Nc4ccccc4)c(O)c3c2N)ccc1Nc1ccc(N=Nc2ccc(O)cc2N)cc1. The lowest BCUT2D eigenvalue weighted by Gasteiger charge is -2.13. The van der Waals surface area contributed by atoms with E-state index in [-0.39, 0.29) is 27.9 Å². The molecule has 0 fully saturated rings. The molecule has 6 rings (SSSR count). The van der Waals surface area contributed by atoms with Gasteiger partial charge in [0, 0.05) is 17.4 Å². The van der Waals surface area contributed by atoms with Gasteiger partial charge in [-0.25, -0.2) is 0 Å². The van der Waals surface area contributed by atoms with Gasteiger partial charge in [-0.2, -0.15) is 23.8 Å². The molecule has 0 aliphatic heterocycles. The van der Waals surface area contributed by atoms with Gasteiger partial charge in [-0.15, -0.1) is 15.3 Å². The van der Waals surface area contributed by atoms with Crippen molar-refractivity contribution in [1.29, 1.82) is 0 Å². The molecule has 0 spiro atoms. The van der Waals surface area contributed by atoms with Gasteiger partial charge >= 0.3 is 0 Å². The summed E-state index contributed by atoms with van der Waals surface area (Å²) in [6.45, 7) is 3.63. The molecule has 6 aromatic carbocycles. The monoisotopic (exact) mass is 701 g/mol. The topological polar surface area (TPSA) is 233 Å². The third-order valence-electron chi connectivity index (χ3n) is 7.75. The third-order valence-corrected chi connectivity index (χ3v) is 8.61. The fourth-order valence-electron chi connectivity index (χ4n) is 5.18. The zero-order chi connectivity index (χ0) is 36.3. The lowest BCUT2D eigenvalue weighted by molar-refractivity contribution is 0.472. The highest BCUT2D eigenvalue weighted by atomic mass is 32.2. The molecule has 0 saturated heterocycles. The molecule has 14 nitrogen and oxygen atoms in total. The number of phenolic OH excluding ortho intramolecular Hbond substituents is 2. The van der Waals surface area contributed by atoms with Gasteiger partial charge in [-0.1, -0.05) is 18.2 Å². The average Bonchev–Trinajstić information content (AvgIpc) is 3.09. The van der Waals surface area contributed by atoms with Gasteiger partial charge in [0.15, 0.2) is 5.75 Å². The molecule has 0 saturated carbocycles. The molecule has 0 aromatic heterocycles. The number of aromatic hydroxyl groups is 2. The second kappa shape index (κ2) is 14.0. The summed E-state index contributed by atoms with van der Waals surface area (Å²) in [6, 6.07) is 28.5. The highest BCUT2D eigenvalue weighted by Crippen LogP contribution is 2.47. The van der Waals surface area contributed by atoms with Gasteiger partial charge in [-0.05, 0) is 109 Å². The molecule has 0 amide bonds. The lowest BCUT2D eigenvalue weighted by Crippen LogP contribution is -2.00. The number of hydrogen-bond donors (Lipinski definition) is 6. The molecule has 256 valence electrons. The van der Waals surface area contributed by atoms with Crippen molar-refractivity contribution in [2.24, 2.45) is 30.7 Å². The Balaban J connectivity index is 1.24. The number of hydrogen-bond acceptors (Lipinski definition) is 13. The number of phenols is 2. The average molecular weight is 702 g/mol. The number of azo groups is 3. The Morgan fingerprint density at radius 1 is 0.647 bits per heavy atom. The van der Waals surface area contributed by atoms with Crippen LogP contribution < -0.4 is 16.8 Å². The quantitative estimate of drug-likeness (QED) is 0.0480. The molecular weight excluding hydrogens is 671 g/mol. The number of nitrogens with zero attached hydrogens (tertiary/aromatic N) is 6. The van der Waals surface area contributed by atoms with Crippen LogP contribution in [0.15, 0.2) is 139 Å². The normalized spacial score (nSPS) is 12.1. The molecule has 0 unspecified atom stereocenters. The maximum absolute atomic E-state index is 12.3. The van der Waals surface area contributed by atoms with E-state index in [1.165, 1.54) is 18.2 Å². The van der Waals surface area contributed by atoms with E-state index in [9.17, 15) is 23.2 Å². The maximum atomic E-state index is 12.3. The number of anilines is 4. The summed E-state index contributed by atoms with van der Waals surface area (Å²) >= 11 is 0. The van der Waals surface area contributed by atoms with E-state index in [1.54, 1.807) is 67.6 Å². The van der Waals surface area contributed by atoms with Crippen LogP contribution in [0, 0.1) is 13.8 Å². The number of benzene rings is 6. The Morgan fingerprint density at radius 3 is 1.98 bits per heavy atom. The van der Waals surface area contributed by atoms with Gasteiger partial charge in [-0.3, -0.25) is 4.55 Å². The van der Waals surface area contributed by atoms with Crippen molar-refractivity contribution in [1.82, 2.24) is 0 Å². The van der Waals surface area contributed by atoms with E-state index >= 15 is 0 Å². The number of nitrogens with one attached hydrogen (secondary N) is 1. The van der Waals surface area contributed by atoms with E-state index in [0.29, 0.717) is 34.0 Å². The molecule has 8 N–H and O–H groups in total. The van der Waals surface area contributed by atoms with Crippen LogP contribution in [0.1, 0.15) is 11.1 Å². The Kier molecular flexibility index (Phi) is 9.40. The number of nitrogens with two attached hydrogens (primary N) is 2. The second-order valence-electron chi connectivity index (χ2n) is 11.5. The smallest absolute Gasteiger partial charge is 0.296 e. The first kappa shape index (κ1) is 34.2. The third kappa shape index (κ3) is 7.64. The summed E-state index contributed by atoms with van der Waals surface area (Å²) in [7, 11) is -4.80. The molecule has 0 atom stereocenters. The predicted molar refractivity (Wildman–Crippen MR) is 197 cm³/mol. The van der Waals surface area contributed by atoms with Crippen LogP contribution in [-0.4, -0.2) is 23.2 Å². The van der Waals surface area contributed by atoms with Crippen molar-refractivity contribution in [3.05, 3.63) is 114 Å². The summed E-state index contributed by atoms with van der Waals surface area (Å²) in [5.41, 5.74) is 17.6. The molecule has 0 radical (unpaired) electrons. The Bertz CT molecular complexity index is 2490. The number of nitrogen functional groups attached to an aromatic ring is 2. The van der Waals surface area contributed by atoms with Gasteiger partial charge in [0.2, 0.25) is 0 Å². The van der Waals surface area contributed by atoms with Crippen molar-refractivity contribution in [3.63, 3.8) is 0 Å². The first-order valence-corrected chi connectivity index (χ1v) is 16.7. The molecule has 51 heavy (non-hydrogen) atoms. The summed E-state index contributed by atoms with van der Waals surface area (Å²) in [6.07, 6.45) is 0. The van der Waals surface area contributed by atoms with Gasteiger partial charge in [0.25, 0.3) is 10.1 Å². The van der Waals surface area contributed by atoms with E-state index in [4.69, 9.17) is 11.5 Å². The van der Waals surface area contributed by atoms with Crippen LogP contribution in [0.25, 0.3) is 10.8 Å². The van der Waals surface area contributed by atoms with E-state index in [1.807, 2.05) is 31.2 Å². The minimum atomic E-state index is -4.80. The van der Waals surface area contributed by atoms with Crippen molar-refractivity contribution in [3.8, 4) is 11.5 Å². The van der Waals surface area contributed by atoms with Crippen LogP contribution >= 0.6 is 0 Å². The van der Waals surface area contributed by atoms with Crippen LogP contribution in [0.3, 0.4) is 0 Å². The van der Waals surface area contributed by atoms with Crippen LogP contribution in [0.4, 0.5) is 56.9 Å². The van der Waals surface area contributed by atoms with Gasteiger partial charge in [0.1, 0.15) is 27.7 Å². The molecule has 0 bridgehead atoms. The molecule has 15 heteroatoms. The maximum Gasteiger partial charge on any atom is 0.296 e. The van der Waals surface area contributed by atoms with Crippen LogP contribution in [0.2, 0.25) is 0 Å². The molecule has 0 heterocycles. The summed E-state index contributed by atoms with van der Waals surface area (Å²) in [4.78, 5) is -0.623. The summed E-state index contributed by atoms with van der Waals surface area (Å²) in [5.74, 6) is -0.531. The number of rotatable bonds is 9. The summed E-state index contributed by atoms with van der Waals surface area (Å²) in [5, 5.41) is 49.5. The Morgan fingerprint density at radius 2 is 1.29 bits per heavy atom. The van der Waals surface area contributed by atoms with Crippen LogP contribution in [-0.2, 0) is 10.1 Å². The van der Waals surface area contributed by atoms with Crippen molar-refractivity contribution in [2.45, 2.75) is 18.7 Å². The molecule has 6 aromatic rings. The van der Waals surface area contributed by atoms with Gasteiger partial charge in [0.05, 0.1) is 33.8 Å². The zero-order valence-electron chi connectivity index (χ0n) is 27.2.